The van der Waals surface area contributed by atoms with E-state index in [0.717, 1.165) is 42.7 Å². The fourth-order valence-electron chi connectivity index (χ4n) is 6.30. The van der Waals surface area contributed by atoms with E-state index in [2.05, 4.69) is 15.4 Å². The summed E-state index contributed by atoms with van der Waals surface area (Å²) >= 11 is 0. The molecule has 1 aliphatic heterocycles. The lowest BCUT2D eigenvalue weighted by Crippen LogP contribution is -2.59. The molecule has 6 heteroatoms. The number of hydrogen-bond donors (Lipinski definition) is 1. The van der Waals surface area contributed by atoms with Crippen LogP contribution in [0.2, 0.25) is 0 Å². The number of carbonyl (C=O) groups is 2. The summed E-state index contributed by atoms with van der Waals surface area (Å²) in [5, 5.41) is 7.77. The molecule has 0 saturated heterocycles. The topological polar surface area (TPSA) is 76.3 Å². The van der Waals surface area contributed by atoms with E-state index >= 15 is 0 Å². The van der Waals surface area contributed by atoms with Crippen LogP contribution in [0.25, 0.3) is 0 Å². The number of carbonyl (C=O) groups excluding carboxylic acids is 2. The maximum absolute atomic E-state index is 13.1. The SMILES string of the molecule is CC1=CC(=O)CC(n2ncc(C(=O)NC34CC5CC(CC(C5)C3)C4)c2C)=N1. The first-order chi connectivity index (χ1) is 12.9. The molecule has 2 heterocycles. The molecule has 1 aromatic heterocycles. The molecule has 0 radical (unpaired) electrons. The van der Waals surface area contributed by atoms with Crippen LogP contribution in [0, 0.1) is 24.7 Å². The predicted molar refractivity (Wildman–Crippen MR) is 102 cm³/mol. The second-order valence-electron chi connectivity index (χ2n) is 9.16. The van der Waals surface area contributed by atoms with Crippen LogP contribution in [0.5, 0.6) is 0 Å². The number of nitrogens with one attached hydrogen (secondary N) is 1. The summed E-state index contributed by atoms with van der Waals surface area (Å²) in [6.45, 7) is 3.68. The quantitative estimate of drug-likeness (QED) is 0.874. The van der Waals surface area contributed by atoms with E-state index in [0.29, 0.717) is 17.1 Å². The number of rotatable bonds is 2. The van der Waals surface area contributed by atoms with E-state index in [1.54, 1.807) is 23.9 Å². The maximum Gasteiger partial charge on any atom is 0.255 e. The zero-order chi connectivity index (χ0) is 18.8. The summed E-state index contributed by atoms with van der Waals surface area (Å²) in [6.07, 6.45) is 10.8. The Morgan fingerprint density at radius 1 is 1.15 bits per heavy atom. The molecule has 0 aromatic carbocycles. The first-order valence-electron chi connectivity index (χ1n) is 10.1. The lowest BCUT2D eigenvalue weighted by atomic mass is 9.53. The Morgan fingerprint density at radius 3 is 2.37 bits per heavy atom. The minimum atomic E-state index is -0.0318. The molecule has 27 heavy (non-hydrogen) atoms. The largest absolute Gasteiger partial charge is 0.346 e. The van der Waals surface area contributed by atoms with Gasteiger partial charge in [0, 0.05) is 17.3 Å². The summed E-state index contributed by atoms with van der Waals surface area (Å²) in [4.78, 5) is 29.4. The average Bonchev–Trinajstić information content (AvgIpc) is 2.94. The van der Waals surface area contributed by atoms with Gasteiger partial charge < -0.3 is 5.32 Å². The van der Waals surface area contributed by atoms with Crippen molar-refractivity contribution in [3.8, 4) is 0 Å². The molecule has 0 unspecified atom stereocenters. The molecular weight excluding hydrogens is 340 g/mol. The molecule has 0 spiro atoms. The van der Waals surface area contributed by atoms with Crippen molar-refractivity contribution in [1.82, 2.24) is 15.1 Å². The van der Waals surface area contributed by atoms with Crippen molar-refractivity contribution in [2.24, 2.45) is 22.7 Å². The highest BCUT2D eigenvalue weighted by Gasteiger charge is 2.51. The second-order valence-corrected chi connectivity index (χ2v) is 9.16. The van der Waals surface area contributed by atoms with Gasteiger partial charge in [-0.2, -0.15) is 5.10 Å². The van der Waals surface area contributed by atoms with Crippen LogP contribution in [-0.2, 0) is 4.79 Å². The summed E-state index contributed by atoms with van der Waals surface area (Å²) in [7, 11) is 0. The van der Waals surface area contributed by atoms with E-state index in [1.807, 2.05) is 6.92 Å². The minimum absolute atomic E-state index is 0.0159. The third-order valence-electron chi connectivity index (χ3n) is 6.92. The Balaban J connectivity index is 1.38. The standard InChI is InChI=1S/C21H26N4O2/c1-12-3-17(26)7-19(23-12)25-13(2)18(11-22-25)20(27)24-21-8-14-4-15(9-21)6-16(5-14)10-21/h3,11,14-16H,4-10H2,1-2H3,(H,24,27). The molecule has 6 rings (SSSR count). The molecule has 1 amide bonds. The van der Waals surface area contributed by atoms with E-state index in [4.69, 9.17) is 0 Å². The second kappa shape index (κ2) is 5.88. The first-order valence-corrected chi connectivity index (χ1v) is 10.1. The van der Waals surface area contributed by atoms with Gasteiger partial charge >= 0.3 is 0 Å². The summed E-state index contributed by atoms with van der Waals surface area (Å²) in [5.74, 6) is 2.95. The van der Waals surface area contributed by atoms with Gasteiger partial charge in [-0.25, -0.2) is 9.67 Å². The fraction of sp³-hybridized carbons (Fsp3) is 0.619. The number of hydrogen-bond acceptors (Lipinski definition) is 4. The van der Waals surface area contributed by atoms with Crippen LogP contribution in [0.3, 0.4) is 0 Å². The van der Waals surface area contributed by atoms with Crippen molar-refractivity contribution in [2.45, 2.75) is 64.3 Å². The number of allylic oxidation sites excluding steroid dienone is 2. The molecule has 4 aliphatic carbocycles. The fourth-order valence-corrected chi connectivity index (χ4v) is 6.30. The first kappa shape index (κ1) is 16.9. The summed E-state index contributed by atoms with van der Waals surface area (Å²) in [6, 6.07) is 0. The number of nitrogens with zero attached hydrogens (tertiary/aromatic N) is 3. The van der Waals surface area contributed by atoms with Gasteiger partial charge in [0.2, 0.25) is 0 Å². The highest BCUT2D eigenvalue weighted by atomic mass is 16.2. The van der Waals surface area contributed by atoms with Gasteiger partial charge in [0.05, 0.1) is 23.9 Å². The van der Waals surface area contributed by atoms with Crippen molar-refractivity contribution in [2.75, 3.05) is 0 Å². The lowest BCUT2D eigenvalue weighted by molar-refractivity contribution is -0.113. The molecule has 1 N–H and O–H groups in total. The third-order valence-corrected chi connectivity index (χ3v) is 6.92. The average molecular weight is 366 g/mol. The zero-order valence-electron chi connectivity index (χ0n) is 16.0. The van der Waals surface area contributed by atoms with Gasteiger partial charge in [0.25, 0.3) is 5.91 Å². The van der Waals surface area contributed by atoms with Gasteiger partial charge in [-0.1, -0.05) is 0 Å². The Kier molecular flexibility index (Phi) is 3.68. The molecule has 4 bridgehead atoms. The smallest absolute Gasteiger partial charge is 0.255 e. The van der Waals surface area contributed by atoms with Gasteiger partial charge in [-0.05, 0) is 70.1 Å². The molecule has 4 saturated carbocycles. The number of aromatic nitrogens is 2. The van der Waals surface area contributed by atoms with E-state index in [1.165, 1.54) is 19.3 Å². The Labute approximate surface area is 159 Å². The Bertz CT molecular complexity index is 857. The number of ketones is 1. The summed E-state index contributed by atoms with van der Waals surface area (Å²) < 4.78 is 1.64. The monoisotopic (exact) mass is 366 g/mol. The zero-order valence-corrected chi connectivity index (χ0v) is 16.0. The maximum atomic E-state index is 13.1. The highest BCUT2D eigenvalue weighted by Crippen LogP contribution is 2.55. The minimum Gasteiger partial charge on any atom is -0.346 e. The van der Waals surface area contributed by atoms with Crippen LogP contribution < -0.4 is 5.32 Å². The third kappa shape index (κ3) is 2.86. The Morgan fingerprint density at radius 2 is 1.78 bits per heavy atom. The highest BCUT2D eigenvalue weighted by molar-refractivity contribution is 6.09. The number of amides is 1. The van der Waals surface area contributed by atoms with Crippen molar-refractivity contribution < 1.29 is 9.59 Å². The number of aliphatic imine (C=N–C) groups is 1. The van der Waals surface area contributed by atoms with Gasteiger partial charge in [0.15, 0.2) is 5.78 Å². The molecule has 0 atom stereocenters. The normalized spacial score (nSPS) is 34.4. The van der Waals surface area contributed by atoms with E-state index in [-0.39, 0.29) is 23.7 Å². The van der Waals surface area contributed by atoms with Gasteiger partial charge in [0.1, 0.15) is 5.84 Å². The molecule has 4 fully saturated rings. The van der Waals surface area contributed by atoms with E-state index < -0.39 is 0 Å². The van der Waals surface area contributed by atoms with Crippen molar-refractivity contribution in [3.63, 3.8) is 0 Å². The van der Waals surface area contributed by atoms with Crippen LogP contribution >= 0.6 is 0 Å². The molecule has 142 valence electrons. The van der Waals surface area contributed by atoms with Crippen LogP contribution in [0.15, 0.2) is 23.0 Å². The van der Waals surface area contributed by atoms with E-state index in [9.17, 15) is 9.59 Å². The molecule has 5 aliphatic rings. The van der Waals surface area contributed by atoms with Gasteiger partial charge in [-0.15, -0.1) is 0 Å². The molecule has 6 nitrogen and oxygen atoms in total. The molecule has 1 aromatic rings. The van der Waals surface area contributed by atoms with Crippen LogP contribution in [0.4, 0.5) is 0 Å². The van der Waals surface area contributed by atoms with Gasteiger partial charge in [-0.3, -0.25) is 9.59 Å². The summed E-state index contributed by atoms with van der Waals surface area (Å²) in [5.41, 5.74) is 2.00. The molecular formula is C21H26N4O2. The van der Waals surface area contributed by atoms with Crippen molar-refractivity contribution in [3.05, 3.63) is 29.2 Å². The Hall–Kier alpha value is -2.24. The van der Waals surface area contributed by atoms with Crippen LogP contribution in [-0.4, -0.2) is 32.8 Å². The lowest BCUT2D eigenvalue weighted by Gasteiger charge is -2.56. The van der Waals surface area contributed by atoms with Crippen molar-refractivity contribution >= 4 is 17.5 Å². The van der Waals surface area contributed by atoms with Crippen molar-refractivity contribution in [1.29, 1.82) is 0 Å². The predicted octanol–water partition coefficient (Wildman–Crippen LogP) is 3.01. The van der Waals surface area contributed by atoms with Crippen LogP contribution in [0.1, 0.15) is 67.9 Å².